The van der Waals surface area contributed by atoms with Crippen LogP contribution in [-0.4, -0.2) is 4.92 Å². The van der Waals surface area contributed by atoms with Crippen LogP contribution < -0.4 is 0 Å². The summed E-state index contributed by atoms with van der Waals surface area (Å²) in [6, 6.07) is 0. The number of hydrogen-bond donors (Lipinski definition) is 0. The lowest BCUT2D eigenvalue weighted by Gasteiger charge is -1.58. The average molecular weight is 94.5 g/mol. The van der Waals surface area contributed by atoms with E-state index in [1.54, 1.807) is 0 Å². The molecule has 0 aromatic heterocycles. The predicted octanol–water partition coefficient (Wildman–Crippen LogP) is 0.230. The van der Waals surface area contributed by atoms with Crippen molar-refractivity contribution in [2.75, 3.05) is 0 Å². The van der Waals surface area contributed by atoms with E-state index in [1.165, 1.54) is 0 Å². The lowest BCUT2D eigenvalue weighted by Crippen LogP contribution is -1.74. The van der Waals surface area contributed by atoms with Crippen molar-refractivity contribution in [3.05, 3.63) is 17.2 Å². The molecule has 29 valence electrons. The molecule has 0 aliphatic rings. The largest absolute Gasteiger partial charge is 0.474 e. The molecule has 0 fully saturated rings. The number of hydrogen-bond acceptors (Lipinski definition) is 2. The molecule has 4 heteroatoms. The highest BCUT2D eigenvalue weighted by Gasteiger charge is 1.67. The van der Waals surface area contributed by atoms with Crippen LogP contribution >= 0.6 is 12.4 Å². The van der Waals surface area contributed by atoms with Gasteiger partial charge in [-0.3, -0.25) is 10.1 Å². The number of nitrogens with zero attached hydrogens (tertiary/aromatic N) is 1. The Morgan fingerprint density at radius 2 is 1.80 bits per heavy atom. The van der Waals surface area contributed by atoms with E-state index in [9.17, 15) is 0 Å². The van der Waals surface area contributed by atoms with Crippen LogP contribution in [0.1, 0.15) is 0 Å². The molecule has 0 amide bonds. The molecule has 0 aliphatic carbocycles. The fourth-order valence-electron chi connectivity index (χ4n) is 0. The third-order valence-corrected chi connectivity index (χ3v) is 0. The first-order chi connectivity index (χ1) is 1.73. The molecular weight excluding hydrogens is 93.5 g/mol. The molecule has 3 radical (unpaired) electrons. The Balaban J connectivity index is 0. The fraction of sp³-hybridized carbons (Fsp3) is 0. The molecule has 5 heavy (non-hydrogen) atoms. The zero-order valence-corrected chi connectivity index (χ0v) is 2.99. The van der Waals surface area contributed by atoms with Gasteiger partial charge in [-0.05, 0) is 0 Å². The topological polar surface area (TPSA) is 43.1 Å². The van der Waals surface area contributed by atoms with Gasteiger partial charge >= 0.3 is 7.05 Å². The molecule has 0 heterocycles. The van der Waals surface area contributed by atoms with Crippen LogP contribution in [0.15, 0.2) is 0 Å². The second-order valence-corrected chi connectivity index (χ2v) is 0.257. The second kappa shape index (κ2) is 3.69. The summed E-state index contributed by atoms with van der Waals surface area (Å²) in [5, 5.41) is 8.47. The van der Waals surface area contributed by atoms with Gasteiger partial charge in [0.15, 0.2) is 0 Å². The SMILES string of the molecule is Cl.[C][N+](=O)[O-]. The lowest BCUT2D eigenvalue weighted by atomic mass is 11.5. The maximum absolute atomic E-state index is 8.47. The number of rotatable bonds is 0. The Morgan fingerprint density at radius 1 is 1.80 bits per heavy atom. The fourth-order valence-corrected chi connectivity index (χ4v) is 0. The third-order valence-electron chi connectivity index (χ3n) is 0. The van der Waals surface area contributed by atoms with Gasteiger partial charge in [0.05, 0.1) is 4.92 Å². The first kappa shape index (κ1) is 8.83. The second-order valence-electron chi connectivity index (χ2n) is 0.257. The molecule has 0 N–H and O–H groups in total. The Kier molecular flexibility index (Phi) is 6.51. The van der Waals surface area contributed by atoms with Gasteiger partial charge in [-0.25, -0.2) is 0 Å². The van der Waals surface area contributed by atoms with E-state index in [2.05, 4.69) is 0 Å². The van der Waals surface area contributed by atoms with Crippen LogP contribution in [-0.2, 0) is 0 Å². The highest BCUT2D eigenvalue weighted by atomic mass is 35.5. The van der Waals surface area contributed by atoms with Crippen LogP contribution in [0, 0.1) is 17.2 Å². The molecule has 0 saturated heterocycles. The Morgan fingerprint density at radius 3 is 1.80 bits per heavy atom. The van der Waals surface area contributed by atoms with Crippen molar-refractivity contribution in [1.29, 1.82) is 0 Å². The summed E-state index contributed by atoms with van der Waals surface area (Å²) in [5.74, 6) is 0. The summed E-state index contributed by atoms with van der Waals surface area (Å²) in [7, 11) is 5.31. The first-order valence-electron chi connectivity index (χ1n) is 0.589. The van der Waals surface area contributed by atoms with E-state index in [4.69, 9.17) is 17.2 Å². The molecular formula is CHClNO2. The molecule has 0 aliphatic heterocycles. The van der Waals surface area contributed by atoms with Gasteiger partial charge in [-0.1, -0.05) is 0 Å². The maximum Gasteiger partial charge on any atom is 0.474 e. The molecule has 0 saturated carbocycles. The highest BCUT2D eigenvalue weighted by molar-refractivity contribution is 5.85. The van der Waals surface area contributed by atoms with Gasteiger partial charge in [0.2, 0.25) is 0 Å². The van der Waals surface area contributed by atoms with Crippen molar-refractivity contribution >= 4 is 12.4 Å². The molecule has 0 bridgehead atoms. The van der Waals surface area contributed by atoms with Crippen LogP contribution in [0.4, 0.5) is 0 Å². The van der Waals surface area contributed by atoms with Gasteiger partial charge in [0, 0.05) is 0 Å². The lowest BCUT2D eigenvalue weighted by molar-refractivity contribution is -0.410. The minimum Gasteiger partial charge on any atom is -0.263 e. The molecule has 3 nitrogen and oxygen atoms in total. The molecule has 0 spiro atoms. The molecule has 0 rings (SSSR count). The van der Waals surface area contributed by atoms with Gasteiger partial charge in [0.1, 0.15) is 0 Å². The minimum absolute atomic E-state index is 0. The van der Waals surface area contributed by atoms with Crippen molar-refractivity contribution < 1.29 is 4.92 Å². The quantitative estimate of drug-likeness (QED) is 0.319. The highest BCUT2D eigenvalue weighted by Crippen LogP contribution is 1.45. The van der Waals surface area contributed by atoms with E-state index < -0.39 is 4.92 Å². The van der Waals surface area contributed by atoms with Crippen molar-refractivity contribution in [3.8, 4) is 0 Å². The summed E-state index contributed by atoms with van der Waals surface area (Å²) in [6.07, 6.45) is 0. The molecule has 0 aromatic carbocycles. The average Bonchev–Trinajstić information content (AvgIpc) is 0.811. The smallest absolute Gasteiger partial charge is 0.263 e. The van der Waals surface area contributed by atoms with Crippen LogP contribution in [0.5, 0.6) is 0 Å². The number of nitro groups is 1. The van der Waals surface area contributed by atoms with Crippen molar-refractivity contribution in [3.63, 3.8) is 0 Å². The molecule has 0 aromatic rings. The van der Waals surface area contributed by atoms with Crippen LogP contribution in [0.2, 0.25) is 0 Å². The summed E-state index contributed by atoms with van der Waals surface area (Å²) in [5.41, 5.74) is 0. The van der Waals surface area contributed by atoms with Gasteiger partial charge in [-0.15, -0.1) is 12.4 Å². The first-order valence-corrected chi connectivity index (χ1v) is 0.589. The monoisotopic (exact) mass is 94.0 g/mol. The Hall–Kier alpha value is -0.310. The zero-order valence-electron chi connectivity index (χ0n) is 2.17. The predicted molar refractivity (Wildman–Crippen MR) is 17.5 cm³/mol. The van der Waals surface area contributed by atoms with Gasteiger partial charge in [0.25, 0.3) is 0 Å². The summed E-state index contributed by atoms with van der Waals surface area (Å²) in [4.78, 5) is 7.22. The van der Waals surface area contributed by atoms with E-state index in [-0.39, 0.29) is 12.4 Å². The standard InChI is InChI=1S/CNO2.ClH/c1-2(3)4;/h;1H. The van der Waals surface area contributed by atoms with E-state index in [0.717, 1.165) is 0 Å². The normalized spacial score (nSPS) is 5.00. The summed E-state index contributed by atoms with van der Waals surface area (Å²) < 4.78 is 0. The van der Waals surface area contributed by atoms with Crippen molar-refractivity contribution in [1.82, 2.24) is 0 Å². The number of halogens is 1. The van der Waals surface area contributed by atoms with Crippen LogP contribution in [0.3, 0.4) is 0 Å². The van der Waals surface area contributed by atoms with Crippen molar-refractivity contribution in [2.24, 2.45) is 0 Å². The minimum atomic E-state index is -1.25. The maximum atomic E-state index is 8.47. The zero-order chi connectivity index (χ0) is 3.58. The van der Waals surface area contributed by atoms with Gasteiger partial charge < -0.3 is 0 Å². The summed E-state index contributed by atoms with van der Waals surface area (Å²) in [6.45, 7) is 0. The Bertz CT molecular complexity index is 32.6. The Labute approximate surface area is 35.5 Å². The van der Waals surface area contributed by atoms with E-state index in [0.29, 0.717) is 0 Å². The van der Waals surface area contributed by atoms with E-state index in [1.807, 2.05) is 0 Å². The van der Waals surface area contributed by atoms with Crippen molar-refractivity contribution in [2.45, 2.75) is 0 Å². The van der Waals surface area contributed by atoms with E-state index >= 15 is 0 Å². The summed E-state index contributed by atoms with van der Waals surface area (Å²) >= 11 is 0. The third kappa shape index (κ3) is 110. The molecule has 0 unspecified atom stereocenters. The molecule has 0 atom stereocenters. The van der Waals surface area contributed by atoms with Gasteiger partial charge in [-0.2, -0.15) is 0 Å². The van der Waals surface area contributed by atoms with Crippen LogP contribution in [0.25, 0.3) is 0 Å².